The molecule has 2 aromatic carbocycles. The van der Waals surface area contributed by atoms with Crippen LogP contribution in [0.5, 0.6) is 0 Å². The number of hydrogen-bond donors (Lipinski definition) is 2. The first-order chi connectivity index (χ1) is 19.9. The summed E-state index contributed by atoms with van der Waals surface area (Å²) in [4.78, 5) is 51.7. The van der Waals surface area contributed by atoms with Gasteiger partial charge in [-0.2, -0.15) is 13.2 Å². The van der Waals surface area contributed by atoms with Gasteiger partial charge in [-0.25, -0.2) is 9.78 Å². The molecule has 13 heteroatoms. The summed E-state index contributed by atoms with van der Waals surface area (Å²) < 4.78 is 39.0. The van der Waals surface area contributed by atoms with Gasteiger partial charge in [0.25, 0.3) is 11.5 Å². The summed E-state index contributed by atoms with van der Waals surface area (Å²) in [5.74, 6) is 0.749. The van der Waals surface area contributed by atoms with Gasteiger partial charge in [0.2, 0.25) is 0 Å². The van der Waals surface area contributed by atoms with E-state index in [-0.39, 0.29) is 43.3 Å². The van der Waals surface area contributed by atoms with Crippen LogP contribution in [0.2, 0.25) is 0 Å². The van der Waals surface area contributed by atoms with Gasteiger partial charge < -0.3 is 20.1 Å². The van der Waals surface area contributed by atoms with Crippen molar-refractivity contribution in [1.82, 2.24) is 19.8 Å². The molecule has 1 aliphatic rings. The topological polar surface area (TPSA) is 98.4 Å². The quantitative estimate of drug-likeness (QED) is 0.260. The summed E-state index contributed by atoms with van der Waals surface area (Å²) in [7, 11) is 0. The lowest BCUT2D eigenvalue weighted by molar-refractivity contribution is -0.137. The maximum atomic E-state index is 13.4. The number of alkyl halides is 3. The zero-order valence-corrected chi connectivity index (χ0v) is 24.7. The molecule has 3 amide bonds. The molecule has 0 unspecified atom stereocenters. The summed E-state index contributed by atoms with van der Waals surface area (Å²) in [6, 6.07) is 10.1. The number of nitrogens with one attached hydrogen (secondary N) is 2. The van der Waals surface area contributed by atoms with Gasteiger partial charge >= 0.3 is 12.2 Å². The molecule has 0 aliphatic carbocycles. The van der Waals surface area contributed by atoms with Crippen molar-refractivity contribution in [3.8, 4) is 0 Å². The van der Waals surface area contributed by atoms with E-state index in [1.165, 1.54) is 28.4 Å². The van der Waals surface area contributed by atoms with E-state index in [9.17, 15) is 27.6 Å². The van der Waals surface area contributed by atoms with Gasteiger partial charge in [-0.15, -0.1) is 23.1 Å². The number of aromatic nitrogens is 2. The number of piperazine rings is 1. The Labute approximate surface area is 247 Å². The number of thioether (sulfide) groups is 1. The Morgan fingerprint density at radius 3 is 2.48 bits per heavy atom. The fourth-order valence-corrected chi connectivity index (χ4v) is 6.86. The third kappa shape index (κ3) is 6.31. The molecule has 8 nitrogen and oxygen atoms in total. The number of fused-ring (bicyclic) bond motifs is 1. The van der Waals surface area contributed by atoms with E-state index in [1.807, 2.05) is 19.9 Å². The van der Waals surface area contributed by atoms with Crippen LogP contribution in [0.1, 0.15) is 37.7 Å². The molecule has 4 aromatic rings. The normalized spacial score (nSPS) is 14.0. The predicted molar refractivity (Wildman–Crippen MR) is 158 cm³/mol. The van der Waals surface area contributed by atoms with E-state index >= 15 is 0 Å². The minimum atomic E-state index is -4.52. The van der Waals surface area contributed by atoms with Gasteiger partial charge in [-0.3, -0.25) is 9.59 Å². The minimum absolute atomic E-state index is 0.0405. The Morgan fingerprint density at radius 2 is 1.76 bits per heavy atom. The molecule has 0 radical (unpaired) electrons. The average molecular weight is 616 g/mol. The molecular weight excluding hydrogens is 587 g/mol. The van der Waals surface area contributed by atoms with Gasteiger partial charge in [0.05, 0.1) is 21.6 Å². The first kappa shape index (κ1) is 29.6. The van der Waals surface area contributed by atoms with E-state index in [0.29, 0.717) is 32.2 Å². The Morgan fingerprint density at radius 1 is 1.05 bits per heavy atom. The number of anilines is 1. The van der Waals surface area contributed by atoms with Crippen LogP contribution >= 0.6 is 23.1 Å². The second kappa shape index (κ2) is 11.8. The van der Waals surface area contributed by atoms with Crippen molar-refractivity contribution in [2.45, 2.75) is 37.6 Å². The van der Waals surface area contributed by atoms with Crippen molar-refractivity contribution < 1.29 is 22.8 Å². The highest BCUT2D eigenvalue weighted by Gasteiger charge is 2.31. The number of H-pyrrole nitrogens is 1. The highest BCUT2D eigenvalue weighted by molar-refractivity contribution is 7.98. The largest absolute Gasteiger partial charge is 0.416 e. The number of halogens is 3. The van der Waals surface area contributed by atoms with Crippen LogP contribution in [0.15, 0.2) is 52.2 Å². The smallest absolute Gasteiger partial charge is 0.334 e. The highest BCUT2D eigenvalue weighted by atomic mass is 32.2. The van der Waals surface area contributed by atoms with Crippen LogP contribution in [0.3, 0.4) is 0 Å². The second-order valence-corrected chi connectivity index (χ2v) is 12.1. The molecule has 42 heavy (non-hydrogen) atoms. The summed E-state index contributed by atoms with van der Waals surface area (Å²) in [5, 5.41) is 2.89. The molecule has 0 saturated carbocycles. The average Bonchev–Trinajstić information content (AvgIpc) is 3.29. The summed E-state index contributed by atoms with van der Waals surface area (Å²) in [6.45, 7) is 6.68. The number of urea groups is 1. The number of hydrogen-bond acceptors (Lipinski definition) is 6. The van der Waals surface area contributed by atoms with Gasteiger partial charge in [0.1, 0.15) is 10.7 Å². The van der Waals surface area contributed by atoms with E-state index in [1.54, 1.807) is 23.6 Å². The zero-order valence-electron chi connectivity index (χ0n) is 23.1. The Balaban J connectivity index is 1.24. The molecule has 1 fully saturated rings. The molecule has 5 rings (SSSR count). The van der Waals surface area contributed by atoms with Crippen molar-refractivity contribution in [2.75, 3.05) is 31.5 Å². The van der Waals surface area contributed by atoms with Crippen molar-refractivity contribution in [3.05, 3.63) is 85.8 Å². The molecule has 1 aliphatic heterocycles. The zero-order chi connectivity index (χ0) is 30.2. The lowest BCUT2D eigenvalue weighted by Crippen LogP contribution is -2.51. The third-order valence-corrected chi connectivity index (χ3v) is 9.39. The molecule has 0 bridgehead atoms. The highest BCUT2D eigenvalue weighted by Crippen LogP contribution is 2.32. The summed E-state index contributed by atoms with van der Waals surface area (Å²) in [6.07, 6.45) is -4.52. The van der Waals surface area contributed by atoms with Crippen LogP contribution < -0.4 is 10.9 Å². The van der Waals surface area contributed by atoms with E-state index < -0.39 is 17.8 Å². The fourth-order valence-electron chi connectivity index (χ4n) is 4.70. The Bertz CT molecular complexity index is 1730. The van der Waals surface area contributed by atoms with Gasteiger partial charge in [-0.1, -0.05) is 23.8 Å². The lowest BCUT2D eigenvalue weighted by atomic mass is 10.2. The molecule has 1 saturated heterocycles. The minimum Gasteiger partial charge on any atom is -0.334 e. The first-order valence-corrected chi connectivity index (χ1v) is 15.0. The van der Waals surface area contributed by atoms with Crippen LogP contribution in [0, 0.1) is 20.8 Å². The lowest BCUT2D eigenvalue weighted by Gasteiger charge is -2.34. The Hall–Kier alpha value is -3.84. The summed E-state index contributed by atoms with van der Waals surface area (Å²) >= 11 is 2.76. The first-order valence-electron chi connectivity index (χ1n) is 13.2. The number of carbonyl (C=O) groups is 2. The standard InChI is InChI=1S/C29H28F3N5O3S2/c1-16-7-8-17(2)21(13-16)41-15-22-34-25(38)23-18(3)24(42-26(23)35-22)27(39)36-9-11-37(12-10-36)28(40)33-20-6-4-5-19(14-20)29(30,31)32/h4-8,13-14H,9-12,15H2,1-3H3,(H,33,40)(H,34,35,38). The maximum Gasteiger partial charge on any atom is 0.416 e. The maximum absolute atomic E-state index is 13.4. The number of amides is 3. The second-order valence-electron chi connectivity index (χ2n) is 10.1. The van der Waals surface area contributed by atoms with Crippen molar-refractivity contribution >= 4 is 50.9 Å². The molecule has 2 aromatic heterocycles. The third-order valence-electron chi connectivity index (χ3n) is 7.05. The number of thiophene rings is 1. The van der Waals surface area contributed by atoms with Crippen molar-refractivity contribution in [2.24, 2.45) is 0 Å². The SMILES string of the molecule is Cc1ccc(C)c(SCc2nc3sc(C(=O)N4CCN(C(=O)Nc5cccc(C(F)(F)F)c5)CC4)c(C)c3c(=O)[nH]2)c1. The van der Waals surface area contributed by atoms with Gasteiger partial charge in [0.15, 0.2) is 0 Å². The van der Waals surface area contributed by atoms with Gasteiger partial charge in [0, 0.05) is 36.8 Å². The molecule has 0 atom stereocenters. The van der Waals surface area contributed by atoms with E-state index in [4.69, 9.17) is 0 Å². The van der Waals surface area contributed by atoms with Crippen LogP contribution in [0.4, 0.5) is 23.7 Å². The van der Waals surface area contributed by atoms with Crippen LogP contribution in [0.25, 0.3) is 10.2 Å². The number of aromatic amines is 1. The molecular formula is C29H28F3N5O3S2. The monoisotopic (exact) mass is 615 g/mol. The molecule has 3 heterocycles. The van der Waals surface area contributed by atoms with E-state index in [0.717, 1.165) is 28.2 Å². The number of carbonyl (C=O) groups excluding carboxylic acids is 2. The predicted octanol–water partition coefficient (Wildman–Crippen LogP) is 6.21. The number of aryl methyl sites for hydroxylation is 3. The molecule has 220 valence electrons. The molecule has 2 N–H and O–H groups in total. The van der Waals surface area contributed by atoms with Crippen molar-refractivity contribution in [3.63, 3.8) is 0 Å². The van der Waals surface area contributed by atoms with Crippen LogP contribution in [-0.2, 0) is 11.9 Å². The number of rotatable bonds is 5. The summed E-state index contributed by atoms with van der Waals surface area (Å²) in [5.41, 5.74) is 1.75. The Kier molecular flexibility index (Phi) is 8.33. The van der Waals surface area contributed by atoms with E-state index in [2.05, 4.69) is 27.4 Å². The van der Waals surface area contributed by atoms with Crippen LogP contribution in [-0.4, -0.2) is 57.9 Å². The number of benzene rings is 2. The fraction of sp³-hybridized carbons (Fsp3) is 0.310. The van der Waals surface area contributed by atoms with Gasteiger partial charge in [-0.05, 0) is 56.2 Å². The number of nitrogens with zero attached hydrogens (tertiary/aromatic N) is 3. The van der Waals surface area contributed by atoms with Crippen molar-refractivity contribution in [1.29, 1.82) is 0 Å². The molecule has 0 spiro atoms.